The number of benzene rings is 2. The number of nitrogens with one attached hydrogen (secondary N) is 1. The largest absolute Gasteiger partial charge is 0.296 e. The van der Waals surface area contributed by atoms with Crippen molar-refractivity contribution in [1.82, 2.24) is 14.8 Å². The molecule has 6 nitrogen and oxygen atoms in total. The number of nitrogens with zero attached hydrogens (tertiary/aromatic N) is 3. The van der Waals surface area contributed by atoms with Crippen LogP contribution in [-0.4, -0.2) is 20.7 Å². The van der Waals surface area contributed by atoms with Crippen LogP contribution in [0.1, 0.15) is 15.4 Å². The Balaban J connectivity index is 1.89. The van der Waals surface area contributed by atoms with Crippen molar-refractivity contribution in [2.45, 2.75) is 6.92 Å². The van der Waals surface area contributed by atoms with Crippen molar-refractivity contribution in [2.75, 3.05) is 5.32 Å². The number of carbonyl (C=O) groups excluding carboxylic acids is 1. The zero-order valence-corrected chi connectivity index (χ0v) is 14.7. The van der Waals surface area contributed by atoms with Crippen molar-refractivity contribution < 1.29 is 4.79 Å². The van der Waals surface area contributed by atoms with Gasteiger partial charge < -0.3 is 0 Å². The Morgan fingerprint density at radius 3 is 2.42 bits per heavy atom. The molecule has 4 aromatic rings. The molecule has 1 amide bonds. The van der Waals surface area contributed by atoms with Gasteiger partial charge in [-0.2, -0.15) is 9.78 Å². The maximum absolute atomic E-state index is 12.8. The molecule has 2 heterocycles. The lowest BCUT2D eigenvalue weighted by molar-refractivity contribution is 0.102. The van der Waals surface area contributed by atoms with Crippen LogP contribution in [0.2, 0.25) is 0 Å². The summed E-state index contributed by atoms with van der Waals surface area (Å²) >= 11 is 1.38. The summed E-state index contributed by atoms with van der Waals surface area (Å²) in [6, 6.07) is 16.0. The van der Waals surface area contributed by atoms with Gasteiger partial charge in [0.15, 0.2) is 10.8 Å². The van der Waals surface area contributed by atoms with Crippen molar-refractivity contribution in [3.05, 3.63) is 81.7 Å². The van der Waals surface area contributed by atoms with Crippen molar-refractivity contribution in [1.29, 1.82) is 0 Å². The predicted molar refractivity (Wildman–Crippen MR) is 102 cm³/mol. The monoisotopic (exact) mass is 362 g/mol. The minimum absolute atomic E-state index is 0.178. The topological polar surface area (TPSA) is 76.9 Å². The van der Waals surface area contributed by atoms with E-state index in [0.29, 0.717) is 21.6 Å². The van der Waals surface area contributed by atoms with Gasteiger partial charge in [-0.3, -0.25) is 14.9 Å². The second-order valence-corrected chi connectivity index (χ2v) is 6.91. The molecular weight excluding hydrogens is 348 g/mol. The highest BCUT2D eigenvalue weighted by molar-refractivity contribution is 7.15. The third-order valence-corrected chi connectivity index (χ3v) is 4.69. The molecule has 0 fully saturated rings. The molecule has 2 aromatic carbocycles. The number of carbonyl (C=O) groups is 1. The third-order valence-electron chi connectivity index (χ3n) is 3.86. The molecule has 0 bridgehead atoms. The summed E-state index contributed by atoms with van der Waals surface area (Å²) in [7, 11) is 0. The molecule has 1 N–H and O–H groups in total. The molecule has 128 valence electrons. The Morgan fingerprint density at radius 1 is 1.04 bits per heavy atom. The van der Waals surface area contributed by atoms with E-state index in [1.165, 1.54) is 16.0 Å². The number of aromatic nitrogens is 3. The van der Waals surface area contributed by atoms with Gasteiger partial charge in [0, 0.05) is 16.5 Å². The van der Waals surface area contributed by atoms with E-state index >= 15 is 0 Å². The lowest BCUT2D eigenvalue weighted by Crippen LogP contribution is -2.26. The number of thiazole rings is 1. The summed E-state index contributed by atoms with van der Waals surface area (Å²) < 4.78 is 1.25. The SMILES string of the molecule is Cc1cnc(NC(=O)c2nn(-c3ccccc3)c(=O)c3ccccc23)s1. The molecule has 0 saturated carbocycles. The lowest BCUT2D eigenvalue weighted by atomic mass is 10.1. The second-order valence-electron chi connectivity index (χ2n) is 5.68. The summed E-state index contributed by atoms with van der Waals surface area (Å²) in [5, 5.41) is 8.55. The number of amides is 1. The van der Waals surface area contributed by atoms with Crippen LogP contribution < -0.4 is 10.9 Å². The van der Waals surface area contributed by atoms with Gasteiger partial charge in [-0.15, -0.1) is 11.3 Å². The Morgan fingerprint density at radius 2 is 1.73 bits per heavy atom. The van der Waals surface area contributed by atoms with Crippen LogP contribution in [0.25, 0.3) is 16.5 Å². The molecule has 0 atom stereocenters. The van der Waals surface area contributed by atoms with Crippen molar-refractivity contribution in [2.24, 2.45) is 0 Å². The van der Waals surface area contributed by atoms with E-state index in [0.717, 1.165) is 4.88 Å². The van der Waals surface area contributed by atoms with Gasteiger partial charge >= 0.3 is 0 Å². The van der Waals surface area contributed by atoms with Crippen LogP contribution in [0, 0.1) is 6.92 Å². The number of aryl methyl sites for hydroxylation is 1. The van der Waals surface area contributed by atoms with E-state index in [9.17, 15) is 9.59 Å². The summed E-state index contributed by atoms with van der Waals surface area (Å²) in [4.78, 5) is 30.8. The third kappa shape index (κ3) is 2.89. The first-order valence-corrected chi connectivity index (χ1v) is 8.76. The van der Waals surface area contributed by atoms with Gasteiger partial charge in [0.2, 0.25) is 0 Å². The Labute approximate surface area is 152 Å². The van der Waals surface area contributed by atoms with Crippen molar-refractivity contribution in [3.63, 3.8) is 0 Å². The number of fused-ring (bicyclic) bond motifs is 1. The molecule has 0 aliphatic carbocycles. The molecule has 0 unspecified atom stereocenters. The molecule has 2 aromatic heterocycles. The van der Waals surface area contributed by atoms with E-state index in [1.54, 1.807) is 42.6 Å². The highest BCUT2D eigenvalue weighted by atomic mass is 32.1. The Kier molecular flexibility index (Phi) is 4.06. The first kappa shape index (κ1) is 16.2. The van der Waals surface area contributed by atoms with Crippen LogP contribution in [0.4, 0.5) is 5.13 Å². The fourth-order valence-corrected chi connectivity index (χ4v) is 3.33. The van der Waals surface area contributed by atoms with E-state index in [1.807, 2.05) is 25.1 Å². The highest BCUT2D eigenvalue weighted by Crippen LogP contribution is 2.20. The standard InChI is InChI=1S/C19H14N4O2S/c1-12-11-20-19(26-12)21-17(24)16-14-9-5-6-10-15(14)18(25)23(22-16)13-7-3-2-4-8-13/h2-11H,1H3,(H,20,21,24). The summed E-state index contributed by atoms with van der Waals surface area (Å²) in [6.45, 7) is 1.91. The summed E-state index contributed by atoms with van der Waals surface area (Å²) in [6.07, 6.45) is 1.69. The Hall–Kier alpha value is -3.32. The molecule has 0 spiro atoms. The van der Waals surface area contributed by atoms with Gasteiger partial charge in [0.05, 0.1) is 11.1 Å². The molecule has 4 rings (SSSR count). The van der Waals surface area contributed by atoms with Gasteiger partial charge in [0.25, 0.3) is 11.5 Å². The highest BCUT2D eigenvalue weighted by Gasteiger charge is 2.18. The number of hydrogen-bond donors (Lipinski definition) is 1. The first-order valence-electron chi connectivity index (χ1n) is 7.95. The van der Waals surface area contributed by atoms with Crippen LogP contribution in [0.3, 0.4) is 0 Å². The molecule has 7 heteroatoms. The minimum Gasteiger partial charge on any atom is -0.296 e. The first-order chi connectivity index (χ1) is 12.6. The lowest BCUT2D eigenvalue weighted by Gasteiger charge is -2.10. The maximum Gasteiger partial charge on any atom is 0.279 e. The maximum atomic E-state index is 12.8. The van der Waals surface area contributed by atoms with Crippen LogP contribution >= 0.6 is 11.3 Å². The zero-order chi connectivity index (χ0) is 18.1. The average molecular weight is 362 g/mol. The number of rotatable bonds is 3. The van der Waals surface area contributed by atoms with E-state index in [-0.39, 0.29) is 11.3 Å². The number of para-hydroxylation sites is 1. The molecule has 0 saturated heterocycles. The number of hydrogen-bond acceptors (Lipinski definition) is 5. The van der Waals surface area contributed by atoms with E-state index < -0.39 is 5.91 Å². The van der Waals surface area contributed by atoms with Gasteiger partial charge in [-0.05, 0) is 25.1 Å². The fourth-order valence-electron chi connectivity index (χ4n) is 2.67. The fraction of sp³-hybridized carbons (Fsp3) is 0.0526. The van der Waals surface area contributed by atoms with Crippen LogP contribution in [0.15, 0.2) is 65.6 Å². The van der Waals surface area contributed by atoms with Crippen molar-refractivity contribution in [3.8, 4) is 5.69 Å². The van der Waals surface area contributed by atoms with E-state index in [4.69, 9.17) is 0 Å². The van der Waals surface area contributed by atoms with Gasteiger partial charge in [-0.25, -0.2) is 4.98 Å². The average Bonchev–Trinajstić information content (AvgIpc) is 3.07. The minimum atomic E-state index is -0.403. The molecular formula is C19H14N4O2S. The zero-order valence-electron chi connectivity index (χ0n) is 13.8. The summed E-state index contributed by atoms with van der Waals surface area (Å²) in [5.74, 6) is -0.403. The Bertz CT molecular complexity index is 1170. The van der Waals surface area contributed by atoms with Crippen LogP contribution in [-0.2, 0) is 0 Å². The van der Waals surface area contributed by atoms with Crippen LogP contribution in [0.5, 0.6) is 0 Å². The smallest absolute Gasteiger partial charge is 0.279 e. The van der Waals surface area contributed by atoms with Gasteiger partial charge in [-0.1, -0.05) is 36.4 Å². The summed E-state index contributed by atoms with van der Waals surface area (Å²) in [5.41, 5.74) is 0.507. The number of anilines is 1. The normalized spacial score (nSPS) is 10.8. The molecule has 0 radical (unpaired) electrons. The molecule has 0 aliphatic rings. The van der Waals surface area contributed by atoms with Gasteiger partial charge in [0.1, 0.15) is 0 Å². The quantitative estimate of drug-likeness (QED) is 0.606. The van der Waals surface area contributed by atoms with E-state index in [2.05, 4.69) is 15.4 Å². The van der Waals surface area contributed by atoms with Crippen molar-refractivity contribution >= 4 is 33.1 Å². The predicted octanol–water partition coefficient (Wildman–Crippen LogP) is 3.40. The molecule has 26 heavy (non-hydrogen) atoms. The second kappa shape index (κ2) is 6.53. The molecule has 0 aliphatic heterocycles.